The summed E-state index contributed by atoms with van der Waals surface area (Å²) in [5.41, 5.74) is 0. The van der Waals surface area contributed by atoms with E-state index in [0.29, 0.717) is 0 Å². The van der Waals surface area contributed by atoms with Crippen molar-refractivity contribution in [3.05, 3.63) is 0 Å². The van der Waals surface area contributed by atoms with Gasteiger partial charge >= 0.3 is 0 Å². The van der Waals surface area contributed by atoms with Crippen molar-refractivity contribution in [2.24, 2.45) is 0 Å². The van der Waals surface area contributed by atoms with Crippen LogP contribution in [-0.4, -0.2) is 16.8 Å². The molecule has 6 radical (unpaired) electrons. The third kappa shape index (κ3) is 9.00. The van der Waals surface area contributed by atoms with Crippen LogP contribution in [0.5, 0.6) is 0 Å². The predicted molar refractivity (Wildman–Crippen MR) is 11.5 cm³/mol. The van der Waals surface area contributed by atoms with E-state index in [2.05, 4.69) is 0 Å². The Balaban J connectivity index is 0. The molecule has 0 saturated heterocycles. The molecule has 0 aliphatic rings. The van der Waals surface area contributed by atoms with Gasteiger partial charge in [-0.25, -0.2) is 0 Å². The molecule has 0 saturated carbocycles. The maximum absolute atomic E-state index is 0. The first-order chi connectivity index (χ1) is 0. The minimum Gasteiger partial charge on any atom is 0 e. The molecule has 0 heterocycles. The molecule has 0 unspecified atom stereocenters. The summed E-state index contributed by atoms with van der Waals surface area (Å²) in [6, 6.07) is 0. The fourth-order valence-electron chi connectivity index (χ4n) is 0. The van der Waals surface area contributed by atoms with E-state index in [1.54, 1.807) is 0 Å². The molecule has 0 rings (SSSR count). The number of hydrogen-bond acceptors (Lipinski definition) is 0. The van der Waals surface area contributed by atoms with Crippen LogP contribution in [-0.2, 0) is 17.1 Å². The van der Waals surface area contributed by atoms with Gasteiger partial charge in [-0.2, -0.15) is 0 Å². The van der Waals surface area contributed by atoms with Crippen LogP contribution in [0.4, 0.5) is 0 Å². The standard InChI is InChI=1S/2B.Fe.Nd. The molecule has 0 fully saturated rings. The van der Waals surface area contributed by atoms with Crippen molar-refractivity contribution in [2.45, 2.75) is 0 Å². The van der Waals surface area contributed by atoms with Crippen LogP contribution in [0, 0.1) is 40.8 Å². The minimum absolute atomic E-state index is 0. The molecule has 0 nitrogen and oxygen atoms in total. The van der Waals surface area contributed by atoms with Gasteiger partial charge in [0.05, 0.1) is 0 Å². The topological polar surface area (TPSA) is 0 Å². The summed E-state index contributed by atoms with van der Waals surface area (Å²) in [6.07, 6.45) is 0. The van der Waals surface area contributed by atoms with Crippen LogP contribution < -0.4 is 0 Å². The Morgan fingerprint density at radius 3 is 0.750 bits per heavy atom. The molecule has 4 heteroatoms. The van der Waals surface area contributed by atoms with E-state index in [4.69, 9.17) is 0 Å². The average Bonchev–Trinajstić information content (AvgIpc) is 0. The first-order valence-electron chi connectivity index (χ1n) is 0. The largest absolute Gasteiger partial charge is 0 e. The second-order valence-corrected chi connectivity index (χ2v) is 0. The Bertz CT molecular complexity index is 6.00. The monoisotopic (exact) mass is 220 g/mol. The van der Waals surface area contributed by atoms with Crippen molar-refractivity contribution in [3.63, 3.8) is 0 Å². The van der Waals surface area contributed by atoms with Crippen molar-refractivity contribution >= 4 is 16.8 Å². The smallest absolute Gasteiger partial charge is 0 e. The summed E-state index contributed by atoms with van der Waals surface area (Å²) in [6.45, 7) is 0. The molecule has 0 aromatic rings. The van der Waals surface area contributed by atoms with Gasteiger partial charge in [0.15, 0.2) is 0 Å². The third-order valence-electron chi connectivity index (χ3n) is 0. The maximum atomic E-state index is 0. The fraction of sp³-hybridized carbons (Fsp3) is 0. The van der Waals surface area contributed by atoms with E-state index in [1.807, 2.05) is 0 Å². The Kier molecular flexibility index (Phi) is 188. The summed E-state index contributed by atoms with van der Waals surface area (Å²) >= 11 is 0. The zero-order chi connectivity index (χ0) is 0. The molecule has 0 N–H and O–H groups in total. The quantitative estimate of drug-likeness (QED) is 0.472. The van der Waals surface area contributed by atoms with Crippen LogP contribution in [0.25, 0.3) is 0 Å². The SMILES string of the molecule is [B].[B].[Fe].[Nd]. The van der Waals surface area contributed by atoms with E-state index in [-0.39, 0.29) is 74.7 Å². The first-order valence-corrected chi connectivity index (χ1v) is 0. The van der Waals surface area contributed by atoms with Gasteiger partial charge in [-0.15, -0.1) is 0 Å². The summed E-state index contributed by atoms with van der Waals surface area (Å²) in [4.78, 5) is 0. The van der Waals surface area contributed by atoms with E-state index >= 15 is 0 Å². The predicted octanol–water partition coefficient (Wildman–Crippen LogP) is -0.764. The van der Waals surface area contributed by atoms with Gasteiger partial charge in [-0.3, -0.25) is 0 Å². The molecule has 0 amide bonds. The molecule has 0 spiro atoms. The molecule has 0 aliphatic heterocycles. The van der Waals surface area contributed by atoms with Gasteiger partial charge < -0.3 is 0 Å². The van der Waals surface area contributed by atoms with Gasteiger partial charge in [0.25, 0.3) is 0 Å². The van der Waals surface area contributed by atoms with Crippen LogP contribution in [0.3, 0.4) is 0 Å². The first kappa shape index (κ1) is 37.5. The zero-order valence-corrected chi connectivity index (χ0v) is 6.32. The van der Waals surface area contributed by atoms with Gasteiger partial charge in [0, 0.05) is 74.7 Å². The summed E-state index contributed by atoms with van der Waals surface area (Å²) < 4.78 is 0. The number of rotatable bonds is 0. The zero-order valence-electron chi connectivity index (χ0n) is 2.01. The Labute approximate surface area is 73.6 Å². The van der Waals surface area contributed by atoms with Crippen molar-refractivity contribution in [3.8, 4) is 0 Å². The third-order valence-corrected chi connectivity index (χ3v) is 0. The summed E-state index contributed by atoms with van der Waals surface area (Å²) in [7, 11) is 0. The van der Waals surface area contributed by atoms with Crippen LogP contribution in [0.1, 0.15) is 0 Å². The van der Waals surface area contributed by atoms with Gasteiger partial charge in [-0.05, 0) is 0 Å². The second kappa shape index (κ2) is 20.0. The molecular formula is B2FeNd. The van der Waals surface area contributed by atoms with Gasteiger partial charge in [0.1, 0.15) is 0 Å². The molecular weight excluding hydrogens is 222 g/mol. The van der Waals surface area contributed by atoms with Gasteiger partial charge in [0.2, 0.25) is 0 Å². The fourth-order valence-corrected chi connectivity index (χ4v) is 0. The summed E-state index contributed by atoms with van der Waals surface area (Å²) in [5, 5.41) is 0. The Morgan fingerprint density at radius 1 is 0.750 bits per heavy atom. The Hall–Kier alpha value is 2.00. The molecule has 18 valence electrons. The van der Waals surface area contributed by atoms with Crippen molar-refractivity contribution < 1.29 is 57.9 Å². The van der Waals surface area contributed by atoms with Crippen LogP contribution >= 0.6 is 0 Å². The summed E-state index contributed by atoms with van der Waals surface area (Å²) in [5.74, 6) is 0. The van der Waals surface area contributed by atoms with E-state index in [0.717, 1.165) is 0 Å². The molecule has 0 bridgehead atoms. The van der Waals surface area contributed by atoms with Crippen LogP contribution in [0.15, 0.2) is 0 Å². The van der Waals surface area contributed by atoms with Gasteiger partial charge in [-0.1, -0.05) is 0 Å². The minimum atomic E-state index is 0. The van der Waals surface area contributed by atoms with Crippen molar-refractivity contribution in [2.75, 3.05) is 0 Å². The second-order valence-electron chi connectivity index (χ2n) is 0. The molecule has 0 atom stereocenters. The van der Waals surface area contributed by atoms with E-state index < -0.39 is 0 Å². The average molecular weight is 222 g/mol. The normalized spacial score (nSPS) is 0. The molecule has 0 aromatic heterocycles. The molecule has 0 aromatic carbocycles. The Morgan fingerprint density at radius 2 is 0.750 bits per heavy atom. The van der Waals surface area contributed by atoms with E-state index in [1.165, 1.54) is 0 Å². The molecule has 0 aliphatic carbocycles. The maximum Gasteiger partial charge on any atom is 0 e. The van der Waals surface area contributed by atoms with Crippen molar-refractivity contribution in [1.29, 1.82) is 0 Å². The van der Waals surface area contributed by atoms with Crippen molar-refractivity contribution in [1.82, 2.24) is 0 Å². The number of hydrogen-bond donors (Lipinski definition) is 0. The van der Waals surface area contributed by atoms with E-state index in [9.17, 15) is 0 Å². The van der Waals surface area contributed by atoms with Crippen LogP contribution in [0.2, 0.25) is 0 Å². The molecule has 4 heavy (non-hydrogen) atoms.